The molecule has 2 fully saturated rings. The number of aromatic nitrogens is 2. The quantitative estimate of drug-likeness (QED) is 0.674. The number of carbonyl (C=O) groups is 2. The zero-order valence-electron chi connectivity index (χ0n) is 20.9. The largest absolute Gasteiger partial charge is 0.377 e. The molecule has 11 heteroatoms. The van der Waals surface area contributed by atoms with Crippen LogP contribution in [0, 0.1) is 5.82 Å². The second-order valence-corrected chi connectivity index (χ2v) is 9.83. The predicted octanol–water partition coefficient (Wildman–Crippen LogP) is 2.83. The van der Waals surface area contributed by atoms with Crippen LogP contribution in [-0.2, 0) is 17.7 Å². The summed E-state index contributed by atoms with van der Waals surface area (Å²) in [5, 5.41) is 5.50. The predicted molar refractivity (Wildman–Crippen MR) is 133 cm³/mol. The van der Waals surface area contributed by atoms with Gasteiger partial charge in [0.15, 0.2) is 5.82 Å². The van der Waals surface area contributed by atoms with Gasteiger partial charge in [-0.15, -0.1) is 0 Å². The molecule has 2 aliphatic heterocycles. The average Bonchev–Trinajstić information content (AvgIpc) is 3.66. The van der Waals surface area contributed by atoms with Crippen LogP contribution in [0.15, 0.2) is 18.2 Å². The molecule has 1 saturated carbocycles. The molecular formula is C25H32FN7O3. The van der Waals surface area contributed by atoms with Crippen molar-refractivity contribution in [3.63, 3.8) is 0 Å². The smallest absolute Gasteiger partial charge is 0.319 e. The SMILES string of the molecule is CC1COCCN1c1nc(-c2ccc(NC(=O)NC3CC3)cc2F)nc2c1CCN(C(=O)N(C)C)C2. The number of urea groups is 2. The van der Waals surface area contributed by atoms with Crippen molar-refractivity contribution in [2.45, 2.75) is 44.8 Å². The third-order valence-corrected chi connectivity index (χ3v) is 6.72. The summed E-state index contributed by atoms with van der Waals surface area (Å²) in [6.07, 6.45) is 2.56. The van der Waals surface area contributed by atoms with Gasteiger partial charge in [0, 0.05) is 44.5 Å². The Labute approximate surface area is 209 Å². The first-order valence-corrected chi connectivity index (χ1v) is 12.4. The Balaban J connectivity index is 1.49. The van der Waals surface area contributed by atoms with Gasteiger partial charge >= 0.3 is 12.1 Å². The Hall–Kier alpha value is -3.47. The first kappa shape index (κ1) is 24.2. The van der Waals surface area contributed by atoms with Crippen molar-refractivity contribution >= 4 is 23.6 Å². The highest BCUT2D eigenvalue weighted by atomic mass is 19.1. The van der Waals surface area contributed by atoms with Crippen molar-refractivity contribution in [3.05, 3.63) is 35.3 Å². The van der Waals surface area contributed by atoms with Crippen LogP contribution >= 0.6 is 0 Å². The number of hydrogen-bond donors (Lipinski definition) is 2. The number of fused-ring (bicyclic) bond motifs is 1. The van der Waals surface area contributed by atoms with E-state index in [1.165, 1.54) is 6.07 Å². The number of rotatable bonds is 4. The number of halogens is 1. The van der Waals surface area contributed by atoms with Gasteiger partial charge in [0.25, 0.3) is 0 Å². The molecule has 0 spiro atoms. The fraction of sp³-hybridized carbons (Fsp3) is 0.520. The van der Waals surface area contributed by atoms with Crippen LogP contribution in [0.3, 0.4) is 0 Å². The van der Waals surface area contributed by atoms with Gasteiger partial charge in [-0.3, -0.25) is 0 Å². The summed E-state index contributed by atoms with van der Waals surface area (Å²) in [6, 6.07) is 4.39. The van der Waals surface area contributed by atoms with Gasteiger partial charge in [0.1, 0.15) is 11.6 Å². The highest BCUT2D eigenvalue weighted by Gasteiger charge is 2.31. The molecule has 36 heavy (non-hydrogen) atoms. The molecule has 0 radical (unpaired) electrons. The van der Waals surface area contributed by atoms with Crippen molar-refractivity contribution in [2.75, 3.05) is 50.6 Å². The number of anilines is 2. The molecular weight excluding hydrogens is 465 g/mol. The van der Waals surface area contributed by atoms with E-state index in [1.807, 2.05) is 0 Å². The van der Waals surface area contributed by atoms with Crippen LogP contribution in [0.1, 0.15) is 31.0 Å². The lowest BCUT2D eigenvalue weighted by Crippen LogP contribution is -2.46. The number of ether oxygens (including phenoxy) is 1. The number of nitrogens with zero attached hydrogens (tertiary/aromatic N) is 5. The molecule has 1 saturated heterocycles. The van der Waals surface area contributed by atoms with Gasteiger partial charge in [0.2, 0.25) is 0 Å². The molecule has 4 amide bonds. The normalized spacial score (nSPS) is 19.5. The van der Waals surface area contributed by atoms with E-state index in [9.17, 15) is 9.59 Å². The van der Waals surface area contributed by atoms with Gasteiger partial charge in [-0.2, -0.15) is 0 Å². The molecule has 3 aliphatic rings. The number of benzene rings is 1. The summed E-state index contributed by atoms with van der Waals surface area (Å²) in [6.45, 7) is 4.81. The van der Waals surface area contributed by atoms with E-state index in [4.69, 9.17) is 14.7 Å². The molecule has 3 heterocycles. The summed E-state index contributed by atoms with van der Waals surface area (Å²) in [7, 11) is 3.44. The van der Waals surface area contributed by atoms with Crippen molar-refractivity contribution in [1.29, 1.82) is 0 Å². The van der Waals surface area contributed by atoms with Gasteiger partial charge in [-0.05, 0) is 44.4 Å². The molecule has 2 aromatic rings. The second-order valence-electron chi connectivity index (χ2n) is 9.83. The standard InChI is InChI=1S/C25H32FN7O3/c1-15-14-36-11-10-33(15)23-19-8-9-32(25(35)31(2)3)13-21(19)29-22(30-23)18-7-6-17(12-20(18)26)28-24(34)27-16-4-5-16/h6-7,12,15-16H,4-5,8-11,13-14H2,1-3H3,(H2,27,28,34). The summed E-state index contributed by atoms with van der Waals surface area (Å²) in [5.74, 6) is 0.499. The van der Waals surface area contributed by atoms with Crippen LogP contribution in [0.2, 0.25) is 0 Å². The van der Waals surface area contributed by atoms with Crippen LogP contribution in [0.4, 0.5) is 25.5 Å². The summed E-state index contributed by atoms with van der Waals surface area (Å²) >= 11 is 0. The van der Waals surface area contributed by atoms with E-state index in [-0.39, 0.29) is 35.5 Å². The lowest BCUT2D eigenvalue weighted by atomic mass is 10.0. The molecule has 1 aromatic heterocycles. The Morgan fingerprint density at radius 1 is 1.19 bits per heavy atom. The molecule has 5 rings (SSSR count). The number of amides is 4. The minimum atomic E-state index is -0.530. The van der Waals surface area contributed by atoms with Crippen LogP contribution in [0.25, 0.3) is 11.4 Å². The number of morpholine rings is 1. The monoisotopic (exact) mass is 497 g/mol. The van der Waals surface area contributed by atoms with E-state index < -0.39 is 5.82 Å². The molecule has 2 N–H and O–H groups in total. The van der Waals surface area contributed by atoms with Gasteiger partial charge in [0.05, 0.1) is 37.1 Å². The van der Waals surface area contributed by atoms with Gasteiger partial charge in [-0.1, -0.05) is 0 Å². The highest BCUT2D eigenvalue weighted by molar-refractivity contribution is 5.90. The van der Waals surface area contributed by atoms with Crippen LogP contribution in [0.5, 0.6) is 0 Å². The topological polar surface area (TPSA) is 103 Å². The molecule has 1 unspecified atom stereocenters. The lowest BCUT2D eigenvalue weighted by Gasteiger charge is -2.38. The molecule has 0 bridgehead atoms. The van der Waals surface area contributed by atoms with Gasteiger partial charge < -0.3 is 30.1 Å². The van der Waals surface area contributed by atoms with Crippen molar-refractivity contribution in [3.8, 4) is 11.4 Å². The van der Waals surface area contributed by atoms with E-state index in [1.54, 1.807) is 36.0 Å². The Kier molecular flexibility index (Phi) is 6.65. The number of nitrogens with one attached hydrogen (secondary N) is 2. The second kappa shape index (κ2) is 9.88. The first-order chi connectivity index (χ1) is 17.3. The first-order valence-electron chi connectivity index (χ1n) is 12.4. The molecule has 1 atom stereocenters. The maximum absolute atomic E-state index is 15.3. The van der Waals surface area contributed by atoms with Crippen molar-refractivity contribution < 1.29 is 18.7 Å². The Bertz CT molecular complexity index is 1170. The third kappa shape index (κ3) is 5.06. The zero-order chi connectivity index (χ0) is 25.4. The average molecular weight is 498 g/mol. The Morgan fingerprint density at radius 2 is 2.00 bits per heavy atom. The zero-order valence-corrected chi connectivity index (χ0v) is 20.9. The van der Waals surface area contributed by atoms with E-state index >= 15 is 4.39 Å². The third-order valence-electron chi connectivity index (χ3n) is 6.72. The molecule has 10 nitrogen and oxygen atoms in total. The molecule has 192 valence electrons. The highest BCUT2D eigenvalue weighted by Crippen LogP contribution is 2.33. The van der Waals surface area contributed by atoms with Crippen molar-refractivity contribution in [2.24, 2.45) is 0 Å². The minimum Gasteiger partial charge on any atom is -0.377 e. The van der Waals surface area contributed by atoms with Crippen LogP contribution in [-0.4, -0.2) is 84.3 Å². The van der Waals surface area contributed by atoms with E-state index in [2.05, 4.69) is 22.5 Å². The summed E-state index contributed by atoms with van der Waals surface area (Å²) in [5.41, 5.74) is 2.31. The lowest BCUT2D eigenvalue weighted by molar-refractivity contribution is 0.0983. The van der Waals surface area contributed by atoms with E-state index in [0.29, 0.717) is 45.0 Å². The number of carbonyl (C=O) groups excluding carboxylic acids is 2. The fourth-order valence-corrected chi connectivity index (χ4v) is 4.61. The van der Waals surface area contributed by atoms with Gasteiger partial charge in [-0.25, -0.2) is 23.9 Å². The van der Waals surface area contributed by atoms with E-state index in [0.717, 1.165) is 29.9 Å². The Morgan fingerprint density at radius 3 is 2.69 bits per heavy atom. The maximum Gasteiger partial charge on any atom is 0.319 e. The maximum atomic E-state index is 15.3. The number of hydrogen-bond acceptors (Lipinski definition) is 6. The minimum absolute atomic E-state index is 0.0896. The van der Waals surface area contributed by atoms with Crippen LogP contribution < -0.4 is 15.5 Å². The van der Waals surface area contributed by atoms with Crippen molar-refractivity contribution in [1.82, 2.24) is 25.1 Å². The summed E-state index contributed by atoms with van der Waals surface area (Å²) in [4.78, 5) is 39.7. The molecule has 1 aromatic carbocycles. The molecule has 1 aliphatic carbocycles. The summed E-state index contributed by atoms with van der Waals surface area (Å²) < 4.78 is 20.9. The fourth-order valence-electron chi connectivity index (χ4n) is 4.61.